The summed E-state index contributed by atoms with van der Waals surface area (Å²) in [4.78, 5) is 0. The Morgan fingerprint density at radius 3 is 2.33 bits per heavy atom. The van der Waals surface area contributed by atoms with E-state index >= 15 is 0 Å². The fraction of sp³-hybridized carbons (Fsp3) is 0.294. The first-order chi connectivity index (χ1) is 10.0. The second-order valence-corrected chi connectivity index (χ2v) is 6.04. The highest BCUT2D eigenvalue weighted by atomic mass is 79.9. The molecule has 112 valence electrons. The number of nitrogens with two attached hydrogens (primary N) is 1. The molecule has 21 heavy (non-hydrogen) atoms. The van der Waals surface area contributed by atoms with E-state index in [0.717, 1.165) is 26.9 Å². The maximum atomic E-state index is 10.7. The van der Waals surface area contributed by atoms with Crippen molar-refractivity contribution < 1.29 is 9.84 Å². The predicted molar refractivity (Wildman–Crippen MR) is 88.6 cm³/mol. The van der Waals surface area contributed by atoms with Crippen molar-refractivity contribution in [3.63, 3.8) is 0 Å². The van der Waals surface area contributed by atoms with Crippen LogP contribution in [0.4, 0.5) is 0 Å². The van der Waals surface area contributed by atoms with Crippen LogP contribution in [0.5, 0.6) is 5.75 Å². The number of hydrogen-bond acceptors (Lipinski definition) is 3. The Balaban J connectivity index is 2.30. The molecule has 2 aromatic rings. The normalized spacial score (nSPS) is 13.8. The smallest absolute Gasteiger partial charge is 0.118 e. The highest BCUT2D eigenvalue weighted by Gasteiger charge is 2.22. The lowest BCUT2D eigenvalue weighted by Gasteiger charge is -2.23. The Kier molecular flexibility index (Phi) is 5.39. The number of rotatable bonds is 5. The fourth-order valence-corrected chi connectivity index (χ4v) is 3.09. The second kappa shape index (κ2) is 7.07. The largest absolute Gasteiger partial charge is 0.497 e. The van der Waals surface area contributed by atoms with Crippen LogP contribution >= 0.6 is 15.9 Å². The first-order valence-corrected chi connectivity index (χ1v) is 7.63. The van der Waals surface area contributed by atoms with E-state index in [1.807, 2.05) is 49.4 Å². The molecule has 0 saturated carbocycles. The van der Waals surface area contributed by atoms with Crippen LogP contribution in [0.1, 0.15) is 28.7 Å². The Hall–Kier alpha value is -1.36. The highest BCUT2D eigenvalue weighted by molar-refractivity contribution is 9.10. The monoisotopic (exact) mass is 349 g/mol. The van der Waals surface area contributed by atoms with Crippen LogP contribution in [0.15, 0.2) is 46.9 Å². The summed E-state index contributed by atoms with van der Waals surface area (Å²) < 4.78 is 6.12. The van der Waals surface area contributed by atoms with E-state index in [-0.39, 0.29) is 5.92 Å². The van der Waals surface area contributed by atoms with Crippen LogP contribution in [0.2, 0.25) is 0 Å². The van der Waals surface area contributed by atoms with E-state index in [4.69, 9.17) is 10.5 Å². The third-order valence-electron chi connectivity index (χ3n) is 3.58. The van der Waals surface area contributed by atoms with E-state index in [1.54, 1.807) is 7.11 Å². The average molecular weight is 350 g/mol. The molecule has 0 saturated heterocycles. The number of ether oxygens (including phenoxy) is 1. The van der Waals surface area contributed by atoms with E-state index in [1.165, 1.54) is 0 Å². The van der Waals surface area contributed by atoms with E-state index in [2.05, 4.69) is 15.9 Å². The number of halogens is 1. The van der Waals surface area contributed by atoms with Gasteiger partial charge in [-0.2, -0.15) is 0 Å². The van der Waals surface area contributed by atoms with Gasteiger partial charge < -0.3 is 15.6 Å². The Labute approximate surface area is 133 Å². The molecule has 0 radical (unpaired) electrons. The van der Waals surface area contributed by atoms with E-state index in [9.17, 15) is 5.11 Å². The molecule has 4 heteroatoms. The van der Waals surface area contributed by atoms with Gasteiger partial charge in [0.15, 0.2) is 0 Å². The molecule has 3 N–H and O–H groups in total. The van der Waals surface area contributed by atoms with Gasteiger partial charge in [-0.15, -0.1) is 0 Å². The number of aliphatic hydroxyl groups excluding tert-OH is 1. The van der Waals surface area contributed by atoms with Crippen molar-refractivity contribution in [3.05, 3.63) is 63.6 Å². The summed E-state index contributed by atoms with van der Waals surface area (Å²) in [5.41, 5.74) is 8.86. The van der Waals surface area contributed by atoms with Crippen molar-refractivity contribution in [2.24, 2.45) is 5.73 Å². The van der Waals surface area contributed by atoms with Gasteiger partial charge in [0.2, 0.25) is 0 Å². The maximum absolute atomic E-state index is 10.7. The van der Waals surface area contributed by atoms with Gasteiger partial charge in [0, 0.05) is 16.9 Å². The summed E-state index contributed by atoms with van der Waals surface area (Å²) in [5.74, 6) is 0.645. The standard InChI is InChI=1S/C17H20BrNO2/c1-11-7-13(9-14(18)8-11)17(20)16(10-19)12-3-5-15(21-2)6-4-12/h3-9,16-17,20H,10,19H2,1-2H3. The molecule has 0 aliphatic rings. The van der Waals surface area contributed by atoms with Crippen LogP contribution in [-0.2, 0) is 0 Å². The van der Waals surface area contributed by atoms with E-state index < -0.39 is 6.10 Å². The van der Waals surface area contributed by atoms with Gasteiger partial charge in [-0.25, -0.2) is 0 Å². The molecule has 2 rings (SSSR count). The zero-order valence-electron chi connectivity index (χ0n) is 12.2. The first kappa shape index (κ1) is 16.0. The van der Waals surface area contributed by atoms with Crippen molar-refractivity contribution >= 4 is 15.9 Å². The van der Waals surface area contributed by atoms with Crippen LogP contribution in [0, 0.1) is 6.92 Å². The summed E-state index contributed by atoms with van der Waals surface area (Å²) in [6, 6.07) is 13.6. The van der Waals surface area contributed by atoms with Crippen molar-refractivity contribution in [1.29, 1.82) is 0 Å². The van der Waals surface area contributed by atoms with Gasteiger partial charge in [-0.05, 0) is 47.9 Å². The number of methoxy groups -OCH3 is 1. The van der Waals surface area contributed by atoms with Crippen molar-refractivity contribution in [2.45, 2.75) is 18.9 Å². The van der Waals surface area contributed by atoms with Crippen LogP contribution in [0.3, 0.4) is 0 Å². The fourth-order valence-electron chi connectivity index (χ4n) is 2.47. The summed E-state index contributed by atoms with van der Waals surface area (Å²) >= 11 is 3.47. The molecule has 0 fully saturated rings. The molecule has 3 nitrogen and oxygen atoms in total. The molecule has 0 bridgehead atoms. The summed E-state index contributed by atoms with van der Waals surface area (Å²) in [6.07, 6.45) is -0.639. The van der Waals surface area contributed by atoms with Crippen molar-refractivity contribution in [3.8, 4) is 5.75 Å². The average Bonchev–Trinajstić information content (AvgIpc) is 2.47. The summed E-state index contributed by atoms with van der Waals surface area (Å²) in [7, 11) is 1.63. The topological polar surface area (TPSA) is 55.5 Å². The molecular formula is C17H20BrNO2. The third kappa shape index (κ3) is 3.84. The molecule has 0 spiro atoms. The second-order valence-electron chi connectivity index (χ2n) is 5.12. The highest BCUT2D eigenvalue weighted by Crippen LogP contribution is 2.32. The molecule has 2 atom stereocenters. The third-order valence-corrected chi connectivity index (χ3v) is 4.04. The number of aliphatic hydroxyl groups is 1. The zero-order chi connectivity index (χ0) is 15.4. The minimum atomic E-state index is -0.639. The molecule has 0 aliphatic carbocycles. The molecule has 2 aromatic carbocycles. The van der Waals surface area contributed by atoms with Crippen LogP contribution < -0.4 is 10.5 Å². The summed E-state index contributed by atoms with van der Waals surface area (Å²) in [5, 5.41) is 10.7. The lowest BCUT2D eigenvalue weighted by Crippen LogP contribution is -2.20. The summed E-state index contributed by atoms with van der Waals surface area (Å²) in [6.45, 7) is 2.38. The van der Waals surface area contributed by atoms with E-state index in [0.29, 0.717) is 6.54 Å². The van der Waals surface area contributed by atoms with Gasteiger partial charge in [0.25, 0.3) is 0 Å². The van der Waals surface area contributed by atoms with Crippen LogP contribution in [0.25, 0.3) is 0 Å². The minimum Gasteiger partial charge on any atom is -0.497 e. The van der Waals surface area contributed by atoms with Crippen LogP contribution in [-0.4, -0.2) is 18.8 Å². The molecule has 0 amide bonds. The lowest BCUT2D eigenvalue weighted by molar-refractivity contribution is 0.147. The predicted octanol–water partition coefficient (Wildman–Crippen LogP) is 3.54. The number of hydrogen-bond donors (Lipinski definition) is 2. The Morgan fingerprint density at radius 1 is 1.14 bits per heavy atom. The molecular weight excluding hydrogens is 330 g/mol. The Morgan fingerprint density at radius 2 is 1.81 bits per heavy atom. The van der Waals surface area contributed by atoms with Gasteiger partial charge in [0.05, 0.1) is 13.2 Å². The van der Waals surface area contributed by atoms with Gasteiger partial charge in [0.1, 0.15) is 5.75 Å². The zero-order valence-corrected chi connectivity index (χ0v) is 13.8. The van der Waals surface area contributed by atoms with Crippen molar-refractivity contribution in [1.82, 2.24) is 0 Å². The molecule has 0 aliphatic heterocycles. The maximum Gasteiger partial charge on any atom is 0.118 e. The van der Waals surface area contributed by atoms with Gasteiger partial charge >= 0.3 is 0 Å². The molecule has 0 aromatic heterocycles. The van der Waals surface area contributed by atoms with Crippen molar-refractivity contribution in [2.75, 3.05) is 13.7 Å². The lowest BCUT2D eigenvalue weighted by atomic mass is 9.88. The number of aryl methyl sites for hydroxylation is 1. The molecule has 0 heterocycles. The van der Waals surface area contributed by atoms with Gasteiger partial charge in [-0.3, -0.25) is 0 Å². The SMILES string of the molecule is COc1ccc(C(CN)C(O)c2cc(C)cc(Br)c2)cc1. The minimum absolute atomic E-state index is 0.149. The first-order valence-electron chi connectivity index (χ1n) is 6.84. The quantitative estimate of drug-likeness (QED) is 0.867. The van der Waals surface area contributed by atoms with Gasteiger partial charge in [-0.1, -0.05) is 34.1 Å². The Bertz CT molecular complexity index is 578. The molecule has 2 unspecified atom stereocenters. The number of benzene rings is 2.